The quantitative estimate of drug-likeness (QED) is 0.241. The van der Waals surface area contributed by atoms with E-state index < -0.39 is 0 Å². The van der Waals surface area contributed by atoms with Gasteiger partial charge in [-0.3, -0.25) is 0 Å². The number of anilines is 1. The summed E-state index contributed by atoms with van der Waals surface area (Å²) in [5.41, 5.74) is 5.22. The summed E-state index contributed by atoms with van der Waals surface area (Å²) in [4.78, 5) is 0. The van der Waals surface area contributed by atoms with E-state index >= 15 is 0 Å². The summed E-state index contributed by atoms with van der Waals surface area (Å²) in [6.45, 7) is 12.2. The van der Waals surface area contributed by atoms with E-state index in [0.717, 1.165) is 42.8 Å². The van der Waals surface area contributed by atoms with Crippen LogP contribution in [0.25, 0.3) is 6.08 Å². The molecule has 0 aliphatic heterocycles. The first kappa shape index (κ1) is 28.8. The van der Waals surface area contributed by atoms with E-state index in [1.165, 1.54) is 36.9 Å². The van der Waals surface area contributed by atoms with Crippen LogP contribution in [0.2, 0.25) is 0 Å². The number of nitrogens with two attached hydrogens (primary N) is 1. The molecule has 2 aromatic carbocycles. The lowest BCUT2D eigenvalue weighted by Gasteiger charge is -2.32. The molecule has 3 N–H and O–H groups in total. The maximum Gasteiger partial charge on any atom is 0.133 e. The number of allylic oxidation sites excluding steroid dienone is 1. The fraction of sp³-hybridized carbons (Fsp3) is 0.533. The van der Waals surface area contributed by atoms with Crippen LogP contribution >= 0.6 is 0 Å². The third-order valence-electron chi connectivity index (χ3n) is 6.60. The fourth-order valence-electron chi connectivity index (χ4n) is 4.04. The van der Waals surface area contributed by atoms with Crippen molar-refractivity contribution in [3.05, 3.63) is 59.7 Å². The third-order valence-corrected chi connectivity index (χ3v) is 6.60. The smallest absolute Gasteiger partial charge is 0.133 e. The zero-order valence-electron chi connectivity index (χ0n) is 22.3. The van der Waals surface area contributed by atoms with Crippen LogP contribution in [0.3, 0.4) is 0 Å². The molecule has 0 fully saturated rings. The number of hydrogen-bond acceptors (Lipinski definition) is 2. The van der Waals surface area contributed by atoms with E-state index in [-0.39, 0.29) is 5.41 Å². The van der Waals surface area contributed by atoms with Gasteiger partial charge >= 0.3 is 0 Å². The molecule has 3 nitrogen and oxygen atoms in total. The number of rotatable bonds is 13. The van der Waals surface area contributed by atoms with Crippen molar-refractivity contribution in [3.63, 3.8) is 0 Å². The van der Waals surface area contributed by atoms with Gasteiger partial charge in [-0.05, 0) is 43.9 Å². The number of methoxy groups -OCH3 is 1. The number of benzene rings is 2. The first-order valence-electron chi connectivity index (χ1n) is 13.0. The van der Waals surface area contributed by atoms with E-state index in [1.807, 2.05) is 0 Å². The zero-order valence-corrected chi connectivity index (χ0v) is 22.3. The Labute approximate surface area is 204 Å². The van der Waals surface area contributed by atoms with Gasteiger partial charge in [0.15, 0.2) is 0 Å². The lowest BCUT2D eigenvalue weighted by atomic mass is 9.72. The molecule has 0 radical (unpaired) electrons. The highest BCUT2D eigenvalue weighted by molar-refractivity contribution is 5.63. The molecule has 0 heterocycles. The Balaban J connectivity index is 0.00000125. The molecule has 0 bridgehead atoms. The Bertz CT molecular complexity index is 807. The molecule has 0 aliphatic carbocycles. The monoisotopic (exact) mass is 453 g/mol. The standard InChI is InChI=1S/C26H38N2O.C4H10/c1-6-9-19-28-22-17-16-21(25(20-22)29-5)13-12-18-26(7-2,8-3)23-14-10-11-15-24(23)27-4;1-3-4-2/h10-17,20,27-28H,6-9,18-19H2,1-5H3;3-4H2,1-2H3/p+1/b13-12+;. The van der Waals surface area contributed by atoms with Gasteiger partial charge in [0, 0.05) is 34.8 Å². The predicted octanol–water partition coefficient (Wildman–Crippen LogP) is 7.70. The van der Waals surface area contributed by atoms with Gasteiger partial charge in [0.1, 0.15) is 11.4 Å². The van der Waals surface area contributed by atoms with Crippen LogP contribution in [0.15, 0.2) is 48.5 Å². The topological polar surface area (TPSA) is 37.9 Å². The Kier molecular flexibility index (Phi) is 14.3. The van der Waals surface area contributed by atoms with Crippen molar-refractivity contribution in [3.8, 4) is 5.75 Å². The summed E-state index contributed by atoms with van der Waals surface area (Å²) in [6, 6.07) is 15.2. The molecule has 2 rings (SSSR count). The lowest BCUT2D eigenvalue weighted by molar-refractivity contribution is -0.540. The minimum absolute atomic E-state index is 0.161. The van der Waals surface area contributed by atoms with Crippen LogP contribution in [-0.4, -0.2) is 20.7 Å². The van der Waals surface area contributed by atoms with Crippen molar-refractivity contribution in [2.45, 2.75) is 85.0 Å². The molecule has 0 aliphatic rings. The van der Waals surface area contributed by atoms with Crippen molar-refractivity contribution in [1.82, 2.24) is 0 Å². The molecule has 0 spiro atoms. The highest BCUT2D eigenvalue weighted by atomic mass is 16.5. The summed E-state index contributed by atoms with van der Waals surface area (Å²) in [7, 11) is 3.88. The number of quaternary nitrogens is 1. The van der Waals surface area contributed by atoms with E-state index in [1.54, 1.807) is 7.11 Å². The minimum atomic E-state index is 0.161. The molecule has 0 amide bonds. The van der Waals surface area contributed by atoms with Gasteiger partial charge in [-0.2, -0.15) is 0 Å². The fourth-order valence-corrected chi connectivity index (χ4v) is 4.04. The maximum absolute atomic E-state index is 5.65. The second kappa shape index (κ2) is 16.4. The molecule has 0 aromatic heterocycles. The number of hydrogen-bond donors (Lipinski definition) is 2. The number of ether oxygens (including phenoxy) is 1. The van der Waals surface area contributed by atoms with Gasteiger partial charge in [0.2, 0.25) is 0 Å². The first-order chi connectivity index (χ1) is 16.0. The Hall–Kier alpha value is -2.26. The van der Waals surface area contributed by atoms with Gasteiger partial charge < -0.3 is 15.4 Å². The van der Waals surface area contributed by atoms with Crippen LogP contribution in [0.1, 0.15) is 90.7 Å². The SMILES string of the molecule is CCCC.CCCCNc1ccc(/C=C/CC(CC)(CC)c2ccccc2[NH2+]C)c(OC)c1. The summed E-state index contributed by atoms with van der Waals surface area (Å²) >= 11 is 0. The third kappa shape index (κ3) is 8.89. The van der Waals surface area contributed by atoms with E-state index in [0.29, 0.717) is 0 Å². The summed E-state index contributed by atoms with van der Waals surface area (Å²) in [6.07, 6.45) is 12.8. The molecular formula is C30H49N2O+. The molecular weight excluding hydrogens is 404 g/mol. The Morgan fingerprint density at radius 3 is 2.21 bits per heavy atom. The van der Waals surface area contributed by atoms with Crippen LogP contribution in [0.5, 0.6) is 5.75 Å². The normalized spacial score (nSPS) is 11.2. The van der Waals surface area contributed by atoms with Crippen molar-refractivity contribution in [2.75, 3.05) is 26.0 Å². The van der Waals surface area contributed by atoms with Gasteiger partial charge in [-0.25, -0.2) is 0 Å². The second-order valence-corrected chi connectivity index (χ2v) is 8.71. The van der Waals surface area contributed by atoms with Crippen molar-refractivity contribution < 1.29 is 10.1 Å². The van der Waals surface area contributed by atoms with Crippen LogP contribution < -0.4 is 15.4 Å². The molecule has 0 unspecified atom stereocenters. The summed E-state index contributed by atoms with van der Waals surface area (Å²) in [5.74, 6) is 0.920. The number of unbranched alkanes of at least 4 members (excludes halogenated alkanes) is 2. The van der Waals surface area contributed by atoms with Crippen molar-refractivity contribution >= 4 is 17.5 Å². The molecule has 2 aromatic rings. The van der Waals surface area contributed by atoms with Gasteiger partial charge in [-0.1, -0.05) is 84.2 Å². The predicted molar refractivity (Wildman–Crippen MR) is 147 cm³/mol. The van der Waals surface area contributed by atoms with E-state index in [2.05, 4.69) is 107 Å². The van der Waals surface area contributed by atoms with Gasteiger partial charge in [-0.15, -0.1) is 0 Å². The Morgan fingerprint density at radius 1 is 0.939 bits per heavy atom. The second-order valence-electron chi connectivity index (χ2n) is 8.71. The largest absolute Gasteiger partial charge is 0.496 e. The number of nitrogens with one attached hydrogen (secondary N) is 1. The van der Waals surface area contributed by atoms with Gasteiger partial charge in [0.25, 0.3) is 0 Å². The van der Waals surface area contributed by atoms with Crippen molar-refractivity contribution in [2.24, 2.45) is 0 Å². The van der Waals surface area contributed by atoms with Crippen LogP contribution in [0.4, 0.5) is 11.4 Å². The molecule has 0 atom stereocenters. The number of para-hydroxylation sites is 1. The Morgan fingerprint density at radius 2 is 1.64 bits per heavy atom. The van der Waals surface area contributed by atoms with E-state index in [9.17, 15) is 0 Å². The molecule has 33 heavy (non-hydrogen) atoms. The average molecular weight is 454 g/mol. The lowest BCUT2D eigenvalue weighted by Crippen LogP contribution is -2.73. The molecule has 3 heteroatoms. The molecule has 0 saturated carbocycles. The van der Waals surface area contributed by atoms with Crippen LogP contribution in [0, 0.1) is 0 Å². The van der Waals surface area contributed by atoms with Crippen LogP contribution in [-0.2, 0) is 5.41 Å². The van der Waals surface area contributed by atoms with Crippen molar-refractivity contribution in [1.29, 1.82) is 0 Å². The minimum Gasteiger partial charge on any atom is -0.496 e. The highest BCUT2D eigenvalue weighted by Crippen LogP contribution is 2.38. The first-order valence-corrected chi connectivity index (χ1v) is 13.0. The highest BCUT2D eigenvalue weighted by Gasteiger charge is 2.30. The molecule has 184 valence electrons. The van der Waals surface area contributed by atoms with E-state index in [4.69, 9.17) is 4.74 Å². The maximum atomic E-state index is 5.65. The zero-order chi connectivity index (χ0) is 24.5. The molecule has 0 saturated heterocycles. The van der Waals surface area contributed by atoms with Gasteiger partial charge in [0.05, 0.1) is 14.2 Å². The summed E-state index contributed by atoms with van der Waals surface area (Å²) < 4.78 is 5.65. The summed E-state index contributed by atoms with van der Waals surface area (Å²) in [5, 5.41) is 5.70. The average Bonchev–Trinajstić information content (AvgIpc) is 2.87.